The smallest absolute Gasteiger partial charge is 0.322 e. The first-order valence-electron chi connectivity index (χ1n) is 8.70. The van der Waals surface area contributed by atoms with E-state index in [1.165, 1.54) is 18.3 Å². The minimum absolute atomic E-state index is 0.261. The van der Waals surface area contributed by atoms with Crippen LogP contribution in [0.1, 0.15) is 34.1 Å². The quantitative estimate of drug-likeness (QED) is 0.664. The summed E-state index contributed by atoms with van der Waals surface area (Å²) in [5.41, 5.74) is 2.19. The summed E-state index contributed by atoms with van der Waals surface area (Å²) in [6, 6.07) is 12.1. The second-order valence-electron chi connectivity index (χ2n) is 6.23. The number of carbonyl (C=O) groups excluding carboxylic acids is 1. The molecular formula is C21H18F3N3O. The summed E-state index contributed by atoms with van der Waals surface area (Å²) >= 11 is 0. The molecule has 0 bridgehead atoms. The summed E-state index contributed by atoms with van der Waals surface area (Å²) in [7, 11) is 0. The fourth-order valence-electron chi connectivity index (χ4n) is 2.78. The Hall–Kier alpha value is -3.22. The van der Waals surface area contributed by atoms with Crippen molar-refractivity contribution in [3.8, 4) is 11.4 Å². The van der Waals surface area contributed by atoms with Gasteiger partial charge >= 0.3 is 6.18 Å². The molecular weight excluding hydrogens is 367 g/mol. The highest BCUT2D eigenvalue weighted by Crippen LogP contribution is 2.30. The minimum Gasteiger partial charge on any atom is -0.322 e. The molecule has 0 fully saturated rings. The van der Waals surface area contributed by atoms with Crippen molar-refractivity contribution < 1.29 is 18.0 Å². The van der Waals surface area contributed by atoms with Crippen molar-refractivity contribution in [1.29, 1.82) is 0 Å². The Bertz CT molecular complexity index is 999. The normalized spacial score (nSPS) is 11.3. The second kappa shape index (κ2) is 7.80. The van der Waals surface area contributed by atoms with Gasteiger partial charge in [-0.3, -0.25) is 4.79 Å². The Morgan fingerprint density at radius 3 is 2.36 bits per heavy atom. The third kappa shape index (κ3) is 4.19. The van der Waals surface area contributed by atoms with Crippen LogP contribution in [-0.2, 0) is 12.6 Å². The maximum atomic E-state index is 12.7. The van der Waals surface area contributed by atoms with E-state index in [-0.39, 0.29) is 11.7 Å². The first-order valence-corrected chi connectivity index (χ1v) is 8.70. The Kier molecular flexibility index (Phi) is 5.44. The summed E-state index contributed by atoms with van der Waals surface area (Å²) in [5.74, 6) is -0.0749. The van der Waals surface area contributed by atoms with Crippen LogP contribution in [0, 0.1) is 6.92 Å². The van der Waals surface area contributed by atoms with E-state index in [1.807, 2.05) is 31.2 Å². The molecule has 0 atom stereocenters. The predicted molar refractivity (Wildman–Crippen MR) is 101 cm³/mol. The molecule has 0 radical (unpaired) electrons. The van der Waals surface area contributed by atoms with Crippen LogP contribution in [0.15, 0.2) is 54.7 Å². The SMILES string of the molecule is CCc1ccccc1NC(=O)c1cnc(-c2ccc(C(F)(F)F)cc2)nc1C. The van der Waals surface area contributed by atoms with Crippen LogP contribution in [0.2, 0.25) is 0 Å². The van der Waals surface area contributed by atoms with E-state index < -0.39 is 11.7 Å². The van der Waals surface area contributed by atoms with Gasteiger partial charge in [-0.05, 0) is 37.1 Å². The lowest BCUT2D eigenvalue weighted by Crippen LogP contribution is -2.16. The van der Waals surface area contributed by atoms with E-state index in [0.29, 0.717) is 16.8 Å². The van der Waals surface area contributed by atoms with Gasteiger partial charge < -0.3 is 5.32 Å². The fraction of sp³-hybridized carbons (Fsp3) is 0.190. The van der Waals surface area contributed by atoms with Gasteiger partial charge in [-0.2, -0.15) is 13.2 Å². The van der Waals surface area contributed by atoms with Crippen LogP contribution >= 0.6 is 0 Å². The number of alkyl halides is 3. The summed E-state index contributed by atoms with van der Waals surface area (Å²) in [5, 5.41) is 2.86. The number of benzene rings is 2. The highest BCUT2D eigenvalue weighted by molar-refractivity contribution is 6.05. The van der Waals surface area contributed by atoms with Crippen LogP contribution in [0.4, 0.5) is 18.9 Å². The van der Waals surface area contributed by atoms with Gasteiger partial charge in [-0.1, -0.05) is 37.3 Å². The number of aromatic nitrogens is 2. The van der Waals surface area contributed by atoms with Gasteiger partial charge in [-0.25, -0.2) is 9.97 Å². The molecule has 4 nitrogen and oxygen atoms in total. The van der Waals surface area contributed by atoms with Crippen LogP contribution in [-0.4, -0.2) is 15.9 Å². The van der Waals surface area contributed by atoms with Crippen molar-refractivity contribution in [2.75, 3.05) is 5.32 Å². The molecule has 2 aromatic carbocycles. The maximum Gasteiger partial charge on any atom is 0.416 e. The van der Waals surface area contributed by atoms with E-state index in [1.54, 1.807) is 6.92 Å². The predicted octanol–water partition coefficient (Wildman–Crippen LogP) is 5.29. The first kappa shape index (κ1) is 19.5. The molecule has 1 heterocycles. The number of para-hydroxylation sites is 1. The highest BCUT2D eigenvalue weighted by Gasteiger charge is 2.30. The number of hydrogen-bond acceptors (Lipinski definition) is 3. The molecule has 3 rings (SSSR count). The van der Waals surface area contributed by atoms with Crippen molar-refractivity contribution >= 4 is 11.6 Å². The monoisotopic (exact) mass is 385 g/mol. The lowest BCUT2D eigenvalue weighted by atomic mass is 10.1. The average Bonchev–Trinajstić information content (AvgIpc) is 2.67. The third-order valence-corrected chi connectivity index (χ3v) is 4.34. The van der Waals surface area contributed by atoms with Crippen LogP contribution in [0.25, 0.3) is 11.4 Å². The molecule has 7 heteroatoms. The average molecular weight is 385 g/mol. The summed E-state index contributed by atoms with van der Waals surface area (Å²) in [4.78, 5) is 21.0. The van der Waals surface area contributed by atoms with Crippen molar-refractivity contribution in [3.63, 3.8) is 0 Å². The Morgan fingerprint density at radius 2 is 1.75 bits per heavy atom. The highest BCUT2D eigenvalue weighted by atomic mass is 19.4. The number of anilines is 1. The molecule has 0 saturated heterocycles. The topological polar surface area (TPSA) is 54.9 Å². The number of hydrogen-bond donors (Lipinski definition) is 1. The summed E-state index contributed by atoms with van der Waals surface area (Å²) < 4.78 is 38.1. The first-order chi connectivity index (χ1) is 13.3. The molecule has 0 aliphatic carbocycles. The molecule has 144 valence electrons. The fourth-order valence-corrected chi connectivity index (χ4v) is 2.78. The molecule has 1 aromatic heterocycles. The molecule has 1 amide bonds. The van der Waals surface area contributed by atoms with Crippen LogP contribution in [0.5, 0.6) is 0 Å². The summed E-state index contributed by atoms with van der Waals surface area (Å²) in [6.45, 7) is 3.66. The molecule has 1 N–H and O–H groups in total. The van der Waals surface area contributed by atoms with Gasteiger partial charge in [0, 0.05) is 17.4 Å². The Balaban J connectivity index is 1.83. The Labute approximate surface area is 160 Å². The van der Waals surface area contributed by atoms with Gasteiger partial charge in [-0.15, -0.1) is 0 Å². The molecule has 0 aliphatic rings. The van der Waals surface area contributed by atoms with Crippen molar-refractivity contribution in [1.82, 2.24) is 9.97 Å². The van der Waals surface area contributed by atoms with Crippen LogP contribution < -0.4 is 5.32 Å². The zero-order chi connectivity index (χ0) is 20.3. The Morgan fingerprint density at radius 1 is 1.07 bits per heavy atom. The molecule has 0 unspecified atom stereocenters. The third-order valence-electron chi connectivity index (χ3n) is 4.34. The number of rotatable bonds is 4. The zero-order valence-corrected chi connectivity index (χ0v) is 15.3. The van der Waals surface area contributed by atoms with Crippen molar-refractivity contribution in [2.24, 2.45) is 0 Å². The molecule has 3 aromatic rings. The molecule has 0 aliphatic heterocycles. The van der Waals surface area contributed by atoms with E-state index in [9.17, 15) is 18.0 Å². The van der Waals surface area contributed by atoms with E-state index in [4.69, 9.17) is 0 Å². The number of carbonyl (C=O) groups is 1. The molecule has 0 saturated carbocycles. The van der Waals surface area contributed by atoms with E-state index >= 15 is 0 Å². The maximum absolute atomic E-state index is 12.7. The van der Waals surface area contributed by atoms with Crippen molar-refractivity contribution in [2.45, 2.75) is 26.4 Å². The number of nitrogens with zero attached hydrogens (tertiary/aromatic N) is 2. The van der Waals surface area contributed by atoms with Gasteiger partial charge in [0.25, 0.3) is 5.91 Å². The van der Waals surface area contributed by atoms with E-state index in [2.05, 4.69) is 15.3 Å². The molecule has 28 heavy (non-hydrogen) atoms. The number of halogens is 3. The van der Waals surface area contributed by atoms with Gasteiger partial charge in [0.1, 0.15) is 0 Å². The van der Waals surface area contributed by atoms with Gasteiger partial charge in [0.2, 0.25) is 0 Å². The lowest BCUT2D eigenvalue weighted by Gasteiger charge is -2.11. The second-order valence-corrected chi connectivity index (χ2v) is 6.23. The lowest BCUT2D eigenvalue weighted by molar-refractivity contribution is -0.137. The van der Waals surface area contributed by atoms with Crippen LogP contribution in [0.3, 0.4) is 0 Å². The number of amides is 1. The standard InChI is InChI=1S/C21H18F3N3O/c1-3-14-6-4-5-7-18(14)27-20(28)17-12-25-19(26-13(17)2)15-8-10-16(11-9-15)21(22,23)24/h4-12H,3H2,1-2H3,(H,27,28). The van der Waals surface area contributed by atoms with Crippen molar-refractivity contribution in [3.05, 3.63) is 77.1 Å². The number of nitrogens with one attached hydrogen (secondary N) is 1. The van der Waals surface area contributed by atoms with Gasteiger partial charge in [0.05, 0.1) is 16.8 Å². The number of aryl methyl sites for hydroxylation is 2. The van der Waals surface area contributed by atoms with E-state index in [0.717, 1.165) is 29.8 Å². The largest absolute Gasteiger partial charge is 0.416 e. The summed E-state index contributed by atoms with van der Waals surface area (Å²) in [6.07, 6.45) is -2.23. The minimum atomic E-state index is -4.40. The molecule has 0 spiro atoms. The zero-order valence-electron chi connectivity index (χ0n) is 15.3. The van der Waals surface area contributed by atoms with Gasteiger partial charge in [0.15, 0.2) is 5.82 Å².